The Morgan fingerprint density at radius 3 is 2.74 bits per heavy atom. The molecule has 0 saturated carbocycles. The third kappa shape index (κ3) is 5.38. The maximum atomic E-state index is 13.2. The zero-order valence-corrected chi connectivity index (χ0v) is 17.8. The number of halogens is 1. The summed E-state index contributed by atoms with van der Waals surface area (Å²) < 4.78 is 15.3. The Hall–Kier alpha value is -3.45. The van der Waals surface area contributed by atoms with E-state index in [1.165, 1.54) is 41.2 Å². The van der Waals surface area contributed by atoms with Crippen molar-refractivity contribution in [3.8, 4) is 0 Å². The van der Waals surface area contributed by atoms with Gasteiger partial charge in [0.25, 0.3) is 5.91 Å². The summed E-state index contributed by atoms with van der Waals surface area (Å²) in [4.78, 5) is 16.9. The van der Waals surface area contributed by atoms with E-state index in [1.54, 1.807) is 12.1 Å². The van der Waals surface area contributed by atoms with Crippen LogP contribution in [0.2, 0.25) is 0 Å². The van der Waals surface area contributed by atoms with E-state index < -0.39 is 0 Å². The second-order valence-corrected chi connectivity index (χ2v) is 8.03. The topological polar surface area (TPSA) is 59.3 Å². The zero-order chi connectivity index (χ0) is 21.6. The molecule has 4 aromatic rings. The van der Waals surface area contributed by atoms with E-state index in [4.69, 9.17) is 4.98 Å². The fourth-order valence-electron chi connectivity index (χ4n) is 3.12. The maximum absolute atomic E-state index is 13.2. The van der Waals surface area contributed by atoms with Gasteiger partial charge in [0.1, 0.15) is 5.82 Å². The van der Waals surface area contributed by atoms with Crippen molar-refractivity contribution in [3.05, 3.63) is 95.3 Å². The Balaban J connectivity index is 1.45. The fraction of sp³-hybridized carbons (Fsp3) is 0.125. The first-order valence-corrected chi connectivity index (χ1v) is 10.8. The van der Waals surface area contributed by atoms with Crippen LogP contribution in [0.1, 0.15) is 16.7 Å². The number of para-hydroxylation sites is 2. The van der Waals surface area contributed by atoms with E-state index >= 15 is 0 Å². The number of nitrogens with one attached hydrogen (secondary N) is 1. The van der Waals surface area contributed by atoms with Crippen molar-refractivity contribution in [2.45, 2.75) is 18.6 Å². The maximum Gasteiger partial charge on any atom is 0.250 e. The van der Waals surface area contributed by atoms with Crippen LogP contribution in [-0.4, -0.2) is 27.4 Å². The van der Waals surface area contributed by atoms with Crippen LogP contribution in [-0.2, 0) is 11.3 Å². The first-order chi connectivity index (χ1) is 15.1. The number of amides is 1. The molecule has 0 aliphatic rings. The highest BCUT2D eigenvalue weighted by Crippen LogP contribution is 2.25. The van der Waals surface area contributed by atoms with E-state index in [0.717, 1.165) is 16.2 Å². The van der Waals surface area contributed by atoms with E-state index in [9.17, 15) is 9.18 Å². The van der Waals surface area contributed by atoms with Gasteiger partial charge in [0.15, 0.2) is 5.16 Å². The number of imidazole rings is 1. The summed E-state index contributed by atoms with van der Waals surface area (Å²) >= 11 is 1.36. The van der Waals surface area contributed by atoms with Crippen molar-refractivity contribution >= 4 is 34.9 Å². The van der Waals surface area contributed by atoms with Gasteiger partial charge in [-0.15, -0.1) is 0 Å². The molecule has 1 heterocycles. The SMILES string of the molecule is Cc1ccc(Cn2c(SCC(=O)N/N=C/c3cccc(F)c3)nc3ccccc32)cc1. The van der Waals surface area contributed by atoms with Crippen LogP contribution >= 0.6 is 11.8 Å². The summed E-state index contributed by atoms with van der Waals surface area (Å²) in [6, 6.07) is 22.3. The third-order valence-electron chi connectivity index (χ3n) is 4.66. The molecule has 1 N–H and O–H groups in total. The predicted octanol–water partition coefficient (Wildman–Crippen LogP) is 4.77. The van der Waals surface area contributed by atoms with Gasteiger partial charge in [-0.3, -0.25) is 4.79 Å². The van der Waals surface area contributed by atoms with Gasteiger partial charge in [0, 0.05) is 0 Å². The minimum atomic E-state index is -0.349. The summed E-state index contributed by atoms with van der Waals surface area (Å²) in [5.74, 6) is -0.442. The van der Waals surface area contributed by atoms with Crippen LogP contribution < -0.4 is 5.43 Å². The van der Waals surface area contributed by atoms with Crippen LogP contribution in [0.5, 0.6) is 0 Å². The first kappa shape index (κ1) is 20.8. The second kappa shape index (κ2) is 9.57. The van der Waals surface area contributed by atoms with E-state index in [2.05, 4.69) is 46.3 Å². The van der Waals surface area contributed by atoms with Crippen molar-refractivity contribution in [2.75, 3.05) is 5.75 Å². The number of hydrogen-bond donors (Lipinski definition) is 1. The number of carbonyl (C=O) groups excluding carboxylic acids is 1. The number of aryl methyl sites for hydroxylation is 1. The number of hydrogen-bond acceptors (Lipinski definition) is 4. The summed E-state index contributed by atoms with van der Waals surface area (Å²) in [7, 11) is 0. The fourth-order valence-corrected chi connectivity index (χ4v) is 3.93. The molecular weight excluding hydrogens is 411 g/mol. The molecule has 0 aliphatic carbocycles. The Morgan fingerprint density at radius 2 is 1.94 bits per heavy atom. The molecule has 156 valence electrons. The summed E-state index contributed by atoms with van der Waals surface area (Å²) in [6.07, 6.45) is 1.41. The smallest absolute Gasteiger partial charge is 0.250 e. The van der Waals surface area contributed by atoms with Crippen molar-refractivity contribution in [1.29, 1.82) is 0 Å². The molecule has 7 heteroatoms. The lowest BCUT2D eigenvalue weighted by molar-refractivity contribution is -0.118. The van der Waals surface area contributed by atoms with Crippen LogP contribution in [0, 0.1) is 12.7 Å². The molecule has 0 atom stereocenters. The normalized spacial score (nSPS) is 11.3. The van der Waals surface area contributed by atoms with Gasteiger partial charge in [0.2, 0.25) is 0 Å². The molecule has 0 spiro atoms. The quantitative estimate of drug-likeness (QED) is 0.260. The number of hydrazone groups is 1. The molecule has 0 unspecified atom stereocenters. The van der Waals surface area contributed by atoms with E-state index in [1.807, 2.05) is 24.3 Å². The minimum absolute atomic E-state index is 0.164. The molecular formula is C24H21FN4OS. The Morgan fingerprint density at radius 1 is 1.13 bits per heavy atom. The number of rotatable bonds is 7. The molecule has 0 bridgehead atoms. The highest BCUT2D eigenvalue weighted by Gasteiger charge is 2.13. The number of nitrogens with zero attached hydrogens (tertiary/aromatic N) is 3. The number of carbonyl (C=O) groups is 1. The molecule has 3 aromatic carbocycles. The van der Waals surface area contributed by atoms with Crippen LogP contribution in [0.3, 0.4) is 0 Å². The average Bonchev–Trinajstić information content (AvgIpc) is 3.11. The first-order valence-electron chi connectivity index (χ1n) is 9.79. The van der Waals surface area contributed by atoms with E-state index in [0.29, 0.717) is 12.1 Å². The number of fused-ring (bicyclic) bond motifs is 1. The van der Waals surface area contributed by atoms with Gasteiger partial charge in [0.05, 0.1) is 29.5 Å². The molecule has 4 rings (SSSR count). The zero-order valence-electron chi connectivity index (χ0n) is 17.0. The summed E-state index contributed by atoms with van der Waals surface area (Å²) in [6.45, 7) is 2.73. The number of thioether (sulfide) groups is 1. The lowest BCUT2D eigenvalue weighted by Crippen LogP contribution is -2.20. The van der Waals surface area contributed by atoms with Crippen molar-refractivity contribution in [2.24, 2.45) is 5.10 Å². The van der Waals surface area contributed by atoms with Crippen molar-refractivity contribution < 1.29 is 9.18 Å². The van der Waals surface area contributed by atoms with Crippen LogP contribution in [0.4, 0.5) is 4.39 Å². The van der Waals surface area contributed by atoms with Gasteiger partial charge >= 0.3 is 0 Å². The lowest BCUT2D eigenvalue weighted by Gasteiger charge is -2.09. The molecule has 31 heavy (non-hydrogen) atoms. The molecule has 5 nitrogen and oxygen atoms in total. The van der Waals surface area contributed by atoms with Gasteiger partial charge in [-0.25, -0.2) is 14.8 Å². The van der Waals surface area contributed by atoms with E-state index in [-0.39, 0.29) is 17.5 Å². The predicted molar refractivity (Wildman–Crippen MR) is 123 cm³/mol. The van der Waals surface area contributed by atoms with Gasteiger partial charge in [-0.1, -0.05) is 65.9 Å². The minimum Gasteiger partial charge on any atom is -0.314 e. The highest BCUT2D eigenvalue weighted by atomic mass is 32.2. The standard InChI is InChI=1S/C24H21FN4OS/c1-17-9-11-18(12-10-17)15-29-22-8-3-2-7-21(22)27-24(29)31-16-23(30)28-26-14-19-5-4-6-20(25)13-19/h2-14H,15-16H2,1H3,(H,28,30)/b26-14+. The second-order valence-electron chi connectivity index (χ2n) is 7.09. The Kier molecular flexibility index (Phi) is 6.43. The van der Waals surface area contributed by atoms with Crippen LogP contribution in [0.15, 0.2) is 83.1 Å². The Labute approximate surface area is 184 Å². The molecule has 0 fully saturated rings. The van der Waals surface area contributed by atoms with Gasteiger partial charge in [-0.2, -0.15) is 5.10 Å². The summed E-state index contributed by atoms with van der Waals surface area (Å²) in [5, 5.41) is 4.67. The average molecular weight is 433 g/mol. The number of benzene rings is 3. The molecule has 0 aliphatic heterocycles. The third-order valence-corrected chi connectivity index (χ3v) is 5.64. The molecule has 1 amide bonds. The summed E-state index contributed by atoms with van der Waals surface area (Å²) in [5.41, 5.74) is 7.35. The van der Waals surface area contributed by atoms with Crippen molar-refractivity contribution in [1.82, 2.24) is 15.0 Å². The van der Waals surface area contributed by atoms with Gasteiger partial charge in [-0.05, 0) is 42.3 Å². The molecule has 1 aromatic heterocycles. The van der Waals surface area contributed by atoms with Crippen LogP contribution in [0.25, 0.3) is 11.0 Å². The Bertz CT molecular complexity index is 1230. The van der Waals surface area contributed by atoms with Crippen molar-refractivity contribution in [3.63, 3.8) is 0 Å². The lowest BCUT2D eigenvalue weighted by atomic mass is 10.1. The molecule has 0 saturated heterocycles. The monoisotopic (exact) mass is 432 g/mol. The molecule has 0 radical (unpaired) electrons. The highest BCUT2D eigenvalue weighted by molar-refractivity contribution is 7.99. The number of aromatic nitrogens is 2. The van der Waals surface area contributed by atoms with Gasteiger partial charge < -0.3 is 4.57 Å². The largest absolute Gasteiger partial charge is 0.314 e.